The lowest BCUT2D eigenvalue weighted by molar-refractivity contribution is -0.170. The Hall–Kier alpha value is -2.05. The Morgan fingerprint density at radius 2 is 1.67 bits per heavy atom. The second-order valence-electron chi connectivity index (χ2n) is 9.03. The molecule has 0 aliphatic heterocycles. The first-order valence-electron chi connectivity index (χ1n) is 10.4. The van der Waals surface area contributed by atoms with Gasteiger partial charge in [-0.25, -0.2) is 0 Å². The summed E-state index contributed by atoms with van der Waals surface area (Å²) in [6.45, 7) is 5.20. The van der Waals surface area contributed by atoms with Gasteiger partial charge in [0.2, 0.25) is 0 Å². The van der Waals surface area contributed by atoms with Crippen LogP contribution in [0.2, 0.25) is 0 Å². The molecule has 1 saturated carbocycles. The first kappa shape index (κ1) is 24.2. The van der Waals surface area contributed by atoms with E-state index < -0.39 is 42.0 Å². The van der Waals surface area contributed by atoms with Gasteiger partial charge in [-0.15, -0.1) is 0 Å². The molecular weight excluding hydrogens is 397 g/mol. The Kier molecular flexibility index (Phi) is 8.33. The van der Waals surface area contributed by atoms with Crippen LogP contribution in [0.5, 0.6) is 0 Å². The second kappa shape index (κ2) is 10.3. The summed E-state index contributed by atoms with van der Waals surface area (Å²) in [7, 11) is 0. The second-order valence-corrected chi connectivity index (χ2v) is 9.03. The molecule has 0 spiro atoms. The molecule has 1 aromatic rings. The molecule has 7 heteroatoms. The summed E-state index contributed by atoms with van der Waals surface area (Å²) >= 11 is 0. The van der Waals surface area contributed by atoms with Crippen LogP contribution in [0.1, 0.15) is 64.9 Å². The Morgan fingerprint density at radius 1 is 1.03 bits per heavy atom. The quantitative estimate of drug-likeness (QED) is 0.440. The minimum atomic E-state index is -4.31. The summed E-state index contributed by atoms with van der Waals surface area (Å²) in [4.78, 5) is 25.7. The third-order valence-electron chi connectivity index (χ3n) is 4.98. The van der Waals surface area contributed by atoms with Crippen molar-refractivity contribution in [3.8, 4) is 0 Å². The minimum Gasteiger partial charge on any atom is -0.461 e. The molecule has 1 aromatic carbocycles. The van der Waals surface area contributed by atoms with Gasteiger partial charge >= 0.3 is 18.1 Å². The summed E-state index contributed by atoms with van der Waals surface area (Å²) < 4.78 is 48.9. The van der Waals surface area contributed by atoms with Gasteiger partial charge in [-0.3, -0.25) is 9.59 Å². The SMILES string of the molecule is CC(C)(C)OC(=O)[C@@H](CC1CC1)[C@@H](CCCC(F)(F)F)C(=O)OCc1ccccc1. The predicted octanol–water partition coefficient (Wildman–Crippen LogP) is 5.84. The van der Waals surface area contributed by atoms with Crippen molar-refractivity contribution in [2.45, 2.75) is 77.7 Å². The number of benzene rings is 1. The van der Waals surface area contributed by atoms with Gasteiger partial charge in [0.25, 0.3) is 0 Å². The lowest BCUT2D eigenvalue weighted by Crippen LogP contribution is -2.37. The summed E-state index contributed by atoms with van der Waals surface area (Å²) in [5.74, 6) is -2.63. The van der Waals surface area contributed by atoms with Crippen molar-refractivity contribution in [2.75, 3.05) is 0 Å². The summed E-state index contributed by atoms with van der Waals surface area (Å²) in [5, 5.41) is 0. The fourth-order valence-electron chi connectivity index (χ4n) is 3.36. The van der Waals surface area contributed by atoms with Crippen LogP contribution in [-0.4, -0.2) is 23.7 Å². The molecule has 0 heterocycles. The van der Waals surface area contributed by atoms with E-state index in [-0.39, 0.29) is 19.4 Å². The van der Waals surface area contributed by atoms with Gasteiger partial charge in [0.15, 0.2) is 0 Å². The molecule has 0 radical (unpaired) electrons. The minimum absolute atomic E-state index is 0.0138. The Bertz CT molecular complexity index is 691. The number of carbonyl (C=O) groups is 2. The van der Waals surface area contributed by atoms with E-state index in [1.165, 1.54) is 0 Å². The number of esters is 2. The van der Waals surface area contributed by atoms with Crippen LogP contribution >= 0.6 is 0 Å². The standard InChI is InChI=1S/C23H31F3O4/c1-22(2,3)30-21(28)19(14-16-11-12-16)18(10-7-13-23(24,25)26)20(27)29-15-17-8-5-4-6-9-17/h4-6,8-9,16,18-19H,7,10-15H2,1-3H3/t18-,19+/m1/s1. The number of carbonyl (C=O) groups excluding carboxylic acids is 2. The fourth-order valence-corrected chi connectivity index (χ4v) is 3.36. The first-order chi connectivity index (χ1) is 13.9. The maximum atomic E-state index is 12.9. The fraction of sp³-hybridized carbons (Fsp3) is 0.652. The molecule has 30 heavy (non-hydrogen) atoms. The number of halogens is 3. The van der Waals surface area contributed by atoms with E-state index in [0.717, 1.165) is 18.4 Å². The Morgan fingerprint density at radius 3 is 2.20 bits per heavy atom. The smallest absolute Gasteiger partial charge is 0.389 e. The molecule has 0 bridgehead atoms. The summed E-state index contributed by atoms with van der Waals surface area (Å²) in [6, 6.07) is 9.03. The van der Waals surface area contributed by atoms with Gasteiger partial charge in [-0.1, -0.05) is 43.2 Å². The van der Waals surface area contributed by atoms with Crippen molar-refractivity contribution in [1.82, 2.24) is 0 Å². The molecular formula is C23H31F3O4. The highest BCUT2D eigenvalue weighted by molar-refractivity contribution is 5.82. The van der Waals surface area contributed by atoms with Crippen LogP contribution in [0.3, 0.4) is 0 Å². The van der Waals surface area contributed by atoms with Gasteiger partial charge in [0.1, 0.15) is 12.2 Å². The molecule has 1 aliphatic rings. The molecule has 0 N–H and O–H groups in total. The molecule has 168 valence electrons. The molecule has 1 aliphatic carbocycles. The first-order valence-corrected chi connectivity index (χ1v) is 10.4. The maximum Gasteiger partial charge on any atom is 0.389 e. The number of ether oxygens (including phenoxy) is 2. The molecule has 1 fully saturated rings. The van der Waals surface area contributed by atoms with E-state index in [4.69, 9.17) is 9.47 Å². The highest BCUT2D eigenvalue weighted by atomic mass is 19.4. The number of rotatable bonds is 10. The van der Waals surface area contributed by atoms with E-state index in [1.807, 2.05) is 6.07 Å². The highest BCUT2D eigenvalue weighted by Crippen LogP contribution is 2.40. The highest BCUT2D eigenvalue weighted by Gasteiger charge is 2.41. The van der Waals surface area contributed by atoms with Gasteiger partial charge in [0, 0.05) is 6.42 Å². The van der Waals surface area contributed by atoms with E-state index in [0.29, 0.717) is 12.3 Å². The molecule has 2 atom stereocenters. The Balaban J connectivity index is 2.14. The Labute approximate surface area is 176 Å². The van der Waals surface area contributed by atoms with Crippen LogP contribution in [0.15, 0.2) is 30.3 Å². The van der Waals surface area contributed by atoms with Gasteiger partial charge in [-0.05, 0) is 51.5 Å². The summed E-state index contributed by atoms with van der Waals surface area (Å²) in [5.41, 5.74) is 0.0273. The monoisotopic (exact) mass is 428 g/mol. The zero-order chi connectivity index (χ0) is 22.4. The van der Waals surface area contributed by atoms with Crippen molar-refractivity contribution in [3.05, 3.63) is 35.9 Å². The number of hydrogen-bond acceptors (Lipinski definition) is 4. The maximum absolute atomic E-state index is 12.9. The van der Waals surface area contributed by atoms with Crippen molar-refractivity contribution >= 4 is 11.9 Å². The van der Waals surface area contributed by atoms with Crippen LogP contribution in [0.4, 0.5) is 13.2 Å². The van der Waals surface area contributed by atoms with Crippen molar-refractivity contribution in [1.29, 1.82) is 0 Å². The van der Waals surface area contributed by atoms with Crippen LogP contribution in [0.25, 0.3) is 0 Å². The molecule has 0 aromatic heterocycles. The average molecular weight is 428 g/mol. The van der Waals surface area contributed by atoms with Crippen molar-refractivity contribution < 1.29 is 32.2 Å². The number of hydrogen-bond donors (Lipinski definition) is 0. The zero-order valence-corrected chi connectivity index (χ0v) is 17.8. The van der Waals surface area contributed by atoms with E-state index in [1.54, 1.807) is 45.0 Å². The largest absolute Gasteiger partial charge is 0.461 e. The third-order valence-corrected chi connectivity index (χ3v) is 4.98. The van der Waals surface area contributed by atoms with Gasteiger partial charge in [-0.2, -0.15) is 13.2 Å². The zero-order valence-electron chi connectivity index (χ0n) is 17.8. The van der Waals surface area contributed by atoms with Crippen LogP contribution in [0, 0.1) is 17.8 Å². The molecule has 0 saturated heterocycles. The predicted molar refractivity (Wildman–Crippen MR) is 106 cm³/mol. The lowest BCUT2D eigenvalue weighted by atomic mass is 9.84. The van der Waals surface area contributed by atoms with Gasteiger partial charge < -0.3 is 9.47 Å². The van der Waals surface area contributed by atoms with Crippen LogP contribution < -0.4 is 0 Å². The van der Waals surface area contributed by atoms with E-state index >= 15 is 0 Å². The molecule has 0 unspecified atom stereocenters. The molecule has 4 nitrogen and oxygen atoms in total. The van der Waals surface area contributed by atoms with Crippen LogP contribution in [-0.2, 0) is 25.7 Å². The summed E-state index contributed by atoms with van der Waals surface area (Å²) in [6.07, 6.45) is -3.27. The lowest BCUT2D eigenvalue weighted by Gasteiger charge is -2.28. The topological polar surface area (TPSA) is 52.6 Å². The van der Waals surface area contributed by atoms with E-state index in [2.05, 4.69) is 0 Å². The molecule has 2 rings (SSSR count). The van der Waals surface area contributed by atoms with Gasteiger partial charge in [0.05, 0.1) is 11.8 Å². The van der Waals surface area contributed by atoms with Crippen molar-refractivity contribution in [2.24, 2.45) is 17.8 Å². The normalized spacial score (nSPS) is 16.6. The molecule has 0 amide bonds. The average Bonchev–Trinajstić information content (AvgIpc) is 3.44. The third kappa shape index (κ3) is 9.18. The number of alkyl halides is 3. The van der Waals surface area contributed by atoms with Crippen molar-refractivity contribution in [3.63, 3.8) is 0 Å². The van der Waals surface area contributed by atoms with E-state index in [9.17, 15) is 22.8 Å².